The average molecular weight is 704 g/mol. The number of ether oxygens (including phenoxy) is 3. The Morgan fingerprint density at radius 1 is 0.960 bits per heavy atom. The van der Waals surface area contributed by atoms with Gasteiger partial charge in [-0.25, -0.2) is 4.79 Å². The first kappa shape index (κ1) is 37.4. The molecule has 1 fully saturated rings. The second-order valence-corrected chi connectivity index (χ2v) is 14.8. The van der Waals surface area contributed by atoms with Gasteiger partial charge < -0.3 is 30.0 Å². The number of benzene rings is 3. The summed E-state index contributed by atoms with van der Waals surface area (Å²) in [6.45, 7) is 10.0. The van der Waals surface area contributed by atoms with E-state index in [1.165, 1.54) is 11.8 Å². The highest BCUT2D eigenvalue weighted by molar-refractivity contribution is 8.14. The van der Waals surface area contributed by atoms with E-state index in [2.05, 4.69) is 15.5 Å². The highest BCUT2D eigenvalue weighted by Crippen LogP contribution is 2.32. The van der Waals surface area contributed by atoms with Gasteiger partial charge in [0.05, 0.1) is 31.4 Å². The fourth-order valence-corrected chi connectivity index (χ4v) is 7.12. The fourth-order valence-electron chi connectivity index (χ4n) is 6.20. The molecule has 0 saturated carbocycles. The predicted molar refractivity (Wildman–Crippen MR) is 194 cm³/mol. The van der Waals surface area contributed by atoms with Crippen LogP contribution in [-0.4, -0.2) is 90.1 Å². The number of fused-ring (bicyclic) bond motifs is 1. The minimum absolute atomic E-state index is 0.0118. The topological polar surface area (TPSA) is 126 Å². The number of morpholine rings is 1. The van der Waals surface area contributed by atoms with Gasteiger partial charge in [-0.3, -0.25) is 14.5 Å². The second kappa shape index (κ2) is 17.8. The zero-order valence-corrected chi connectivity index (χ0v) is 30.0. The highest BCUT2D eigenvalue weighted by Gasteiger charge is 2.33. The number of hydrogen-bond donors (Lipinski definition) is 3. The monoisotopic (exact) mass is 703 g/mol. The predicted octanol–water partition coefficient (Wildman–Crippen LogP) is 5.19. The lowest BCUT2D eigenvalue weighted by molar-refractivity contribution is -0.126. The van der Waals surface area contributed by atoms with Crippen LogP contribution in [0.2, 0.25) is 0 Å². The summed E-state index contributed by atoms with van der Waals surface area (Å²) in [6.07, 6.45) is -0.931. The van der Waals surface area contributed by atoms with Crippen molar-refractivity contribution in [3.8, 4) is 5.75 Å². The van der Waals surface area contributed by atoms with Crippen LogP contribution in [0.5, 0.6) is 5.75 Å². The summed E-state index contributed by atoms with van der Waals surface area (Å²) in [5.74, 6) is 0.282. The third-order valence-electron chi connectivity index (χ3n) is 8.80. The molecular weight excluding hydrogens is 655 g/mol. The molecule has 2 heterocycles. The number of rotatable bonds is 14. The summed E-state index contributed by atoms with van der Waals surface area (Å²) in [5.41, 5.74) is 2.50. The van der Waals surface area contributed by atoms with Gasteiger partial charge in [-0.1, -0.05) is 78.5 Å². The Bertz CT molecular complexity index is 1560. The van der Waals surface area contributed by atoms with E-state index in [4.69, 9.17) is 14.2 Å². The van der Waals surface area contributed by atoms with Crippen LogP contribution in [0.1, 0.15) is 60.3 Å². The summed E-state index contributed by atoms with van der Waals surface area (Å²) in [7, 11) is 0. The van der Waals surface area contributed by atoms with Crippen LogP contribution in [-0.2, 0) is 27.1 Å². The van der Waals surface area contributed by atoms with E-state index >= 15 is 0 Å². The van der Waals surface area contributed by atoms with Gasteiger partial charge >= 0.3 is 6.09 Å². The van der Waals surface area contributed by atoms with E-state index in [9.17, 15) is 19.5 Å². The third kappa shape index (κ3) is 11.3. The molecule has 0 radical (unpaired) electrons. The molecule has 5 rings (SSSR count). The first-order chi connectivity index (χ1) is 24.0. The van der Waals surface area contributed by atoms with Crippen LogP contribution < -0.4 is 15.4 Å². The Kier molecular flexibility index (Phi) is 13.3. The van der Waals surface area contributed by atoms with Gasteiger partial charge in [-0.15, -0.1) is 0 Å². The minimum atomic E-state index is -1.07. The summed E-state index contributed by atoms with van der Waals surface area (Å²) >= 11 is 1.19. The van der Waals surface area contributed by atoms with Crippen LogP contribution >= 0.6 is 11.8 Å². The number of aliphatic hydroxyl groups is 1. The number of amides is 2. The van der Waals surface area contributed by atoms with E-state index in [0.29, 0.717) is 30.8 Å². The van der Waals surface area contributed by atoms with Gasteiger partial charge in [0, 0.05) is 36.9 Å². The zero-order chi connectivity index (χ0) is 35.5. The number of thioether (sulfide) groups is 1. The van der Waals surface area contributed by atoms with Crippen LogP contribution in [0.15, 0.2) is 78.9 Å². The van der Waals surface area contributed by atoms with Crippen LogP contribution in [0, 0.1) is 5.92 Å². The van der Waals surface area contributed by atoms with Crippen LogP contribution in [0.3, 0.4) is 0 Å². The van der Waals surface area contributed by atoms with Crippen molar-refractivity contribution in [3.63, 3.8) is 0 Å². The Morgan fingerprint density at radius 3 is 2.36 bits per heavy atom. The number of nitrogens with one attached hydrogen (secondary N) is 2. The van der Waals surface area contributed by atoms with E-state index in [-0.39, 0.29) is 23.5 Å². The smallest absolute Gasteiger partial charge is 0.407 e. The number of alkyl carbamates (subject to hydrolysis) is 1. The Balaban J connectivity index is 1.32. The molecular formula is C39H49N3O7S. The van der Waals surface area contributed by atoms with E-state index < -0.39 is 29.8 Å². The first-order valence-electron chi connectivity index (χ1n) is 17.3. The SMILES string of the molecule is CC(C)(C)OC(=O)NC(Cc1ccccc1)C(O)CC(Cc1ccc(OCCN2CCOCC2)cc1)C(=O)N[C@@H]1CSC(=O)c2ccccc21. The van der Waals surface area contributed by atoms with Gasteiger partial charge in [-0.05, 0) is 68.9 Å². The van der Waals surface area contributed by atoms with E-state index in [1.807, 2.05) is 72.8 Å². The molecule has 268 valence electrons. The quantitative estimate of drug-likeness (QED) is 0.208. The summed E-state index contributed by atoms with van der Waals surface area (Å²) < 4.78 is 16.9. The standard InChI is InChI=1S/C39H49N3O7S/c1-39(2,3)49-38(46)41-33(24-27-9-5-4-6-10-27)35(43)25-29(36(44)40-34-26-50-37(45)32-12-8-7-11-31(32)34)23-28-13-15-30(16-14-28)48-22-19-42-17-20-47-21-18-42/h4-16,29,33-35,43H,17-26H2,1-3H3,(H,40,44)(H,41,46)/t29?,33?,34-,35?/m1/s1. The summed E-state index contributed by atoms with van der Waals surface area (Å²) in [4.78, 5) is 41.9. The molecule has 0 aromatic heterocycles. The number of aliphatic hydroxyl groups excluding tert-OH is 1. The highest BCUT2D eigenvalue weighted by atomic mass is 32.2. The number of nitrogens with zero attached hydrogens (tertiary/aromatic N) is 1. The van der Waals surface area contributed by atoms with Crippen molar-refractivity contribution in [3.05, 3.63) is 101 Å². The number of carbonyl (C=O) groups is 3. The number of carbonyl (C=O) groups excluding carboxylic acids is 3. The molecule has 4 atom stereocenters. The lowest BCUT2D eigenvalue weighted by Gasteiger charge is -2.30. The van der Waals surface area contributed by atoms with Crippen molar-refractivity contribution < 1.29 is 33.7 Å². The lowest BCUT2D eigenvalue weighted by atomic mass is 9.88. The third-order valence-corrected chi connectivity index (χ3v) is 9.78. The van der Waals surface area contributed by atoms with Crippen LogP contribution in [0.4, 0.5) is 4.79 Å². The van der Waals surface area contributed by atoms with Crippen molar-refractivity contribution in [2.24, 2.45) is 5.92 Å². The normalized spacial score (nSPS) is 18.3. The van der Waals surface area contributed by atoms with Crippen molar-refractivity contribution in [1.29, 1.82) is 0 Å². The van der Waals surface area contributed by atoms with E-state index in [1.54, 1.807) is 26.8 Å². The first-order valence-corrected chi connectivity index (χ1v) is 18.3. The Hall–Kier alpha value is -3.90. The fraction of sp³-hybridized carbons (Fsp3) is 0.462. The van der Waals surface area contributed by atoms with Crippen molar-refractivity contribution in [2.45, 2.75) is 63.8 Å². The van der Waals surface area contributed by atoms with Gasteiger partial charge in [0.15, 0.2) is 0 Å². The molecule has 3 N–H and O–H groups in total. The van der Waals surface area contributed by atoms with Gasteiger partial charge in [0.25, 0.3) is 0 Å². The molecule has 0 spiro atoms. The van der Waals surface area contributed by atoms with Gasteiger partial charge in [0.1, 0.15) is 18.0 Å². The molecule has 1 saturated heterocycles. The maximum Gasteiger partial charge on any atom is 0.407 e. The molecule has 2 aliphatic heterocycles. The van der Waals surface area contributed by atoms with Crippen molar-refractivity contribution in [1.82, 2.24) is 15.5 Å². The van der Waals surface area contributed by atoms with E-state index in [0.717, 1.165) is 55.3 Å². The molecule has 11 heteroatoms. The van der Waals surface area contributed by atoms with Crippen molar-refractivity contribution in [2.75, 3.05) is 45.2 Å². The molecule has 3 aromatic rings. The lowest BCUT2D eigenvalue weighted by Crippen LogP contribution is -2.48. The molecule has 3 unspecified atom stereocenters. The second-order valence-electron chi connectivity index (χ2n) is 13.8. The molecule has 10 nitrogen and oxygen atoms in total. The summed E-state index contributed by atoms with van der Waals surface area (Å²) in [5, 5.41) is 17.8. The summed E-state index contributed by atoms with van der Waals surface area (Å²) in [6, 6.07) is 23.6. The van der Waals surface area contributed by atoms with Crippen LogP contribution in [0.25, 0.3) is 0 Å². The Morgan fingerprint density at radius 2 is 1.64 bits per heavy atom. The largest absolute Gasteiger partial charge is 0.492 e. The zero-order valence-electron chi connectivity index (χ0n) is 29.1. The number of hydrogen-bond acceptors (Lipinski definition) is 9. The molecule has 2 aliphatic rings. The molecule has 0 aliphatic carbocycles. The minimum Gasteiger partial charge on any atom is -0.492 e. The molecule has 50 heavy (non-hydrogen) atoms. The molecule has 3 aromatic carbocycles. The van der Waals surface area contributed by atoms with Gasteiger partial charge in [0.2, 0.25) is 11.0 Å². The Labute approximate surface area is 299 Å². The molecule has 0 bridgehead atoms. The maximum absolute atomic E-state index is 14.1. The average Bonchev–Trinajstić information content (AvgIpc) is 3.10. The molecule has 2 amide bonds. The van der Waals surface area contributed by atoms with Gasteiger partial charge in [-0.2, -0.15) is 0 Å². The maximum atomic E-state index is 14.1. The van der Waals surface area contributed by atoms with Crippen molar-refractivity contribution >= 4 is 28.9 Å².